The molecular formula is C20H17FN6O. The molecule has 2 amide bonds. The molecule has 1 heterocycles. The van der Waals surface area contributed by atoms with Gasteiger partial charge in [0, 0.05) is 17.4 Å². The number of benzene rings is 2. The predicted molar refractivity (Wildman–Crippen MR) is 106 cm³/mol. The molecule has 8 heteroatoms. The number of hydrogen-bond acceptors (Lipinski definition) is 5. The third-order valence-corrected chi connectivity index (χ3v) is 4.00. The Kier molecular flexibility index (Phi) is 5.48. The first kappa shape index (κ1) is 18.8. The van der Waals surface area contributed by atoms with Gasteiger partial charge in [0.2, 0.25) is 0 Å². The van der Waals surface area contributed by atoms with E-state index in [4.69, 9.17) is 5.84 Å². The fourth-order valence-corrected chi connectivity index (χ4v) is 2.65. The van der Waals surface area contributed by atoms with E-state index in [-0.39, 0.29) is 5.69 Å². The normalized spacial score (nSPS) is 10.1. The highest BCUT2D eigenvalue weighted by Crippen LogP contribution is 2.27. The van der Waals surface area contributed by atoms with E-state index in [0.717, 1.165) is 5.56 Å². The summed E-state index contributed by atoms with van der Waals surface area (Å²) < 4.78 is 13.8. The van der Waals surface area contributed by atoms with Crippen molar-refractivity contribution in [3.8, 4) is 17.3 Å². The number of pyridine rings is 1. The van der Waals surface area contributed by atoms with Gasteiger partial charge in [0.15, 0.2) is 0 Å². The number of nitrogens with one attached hydrogen (secondary N) is 3. The zero-order chi connectivity index (χ0) is 20.1. The Hall–Kier alpha value is -3.96. The number of carbonyl (C=O) groups is 1. The summed E-state index contributed by atoms with van der Waals surface area (Å²) >= 11 is 0. The number of hydrogen-bond donors (Lipinski definition) is 4. The van der Waals surface area contributed by atoms with Crippen molar-refractivity contribution in [1.82, 2.24) is 4.98 Å². The van der Waals surface area contributed by atoms with Crippen LogP contribution < -0.4 is 21.9 Å². The Bertz CT molecular complexity index is 1060. The van der Waals surface area contributed by atoms with Crippen molar-refractivity contribution in [1.29, 1.82) is 5.26 Å². The van der Waals surface area contributed by atoms with Crippen molar-refractivity contribution in [2.24, 2.45) is 5.84 Å². The van der Waals surface area contributed by atoms with Gasteiger partial charge in [-0.15, -0.1) is 0 Å². The molecule has 0 radical (unpaired) electrons. The molecule has 1 aromatic heterocycles. The quantitative estimate of drug-likeness (QED) is 0.406. The third-order valence-electron chi connectivity index (χ3n) is 4.00. The fourth-order valence-electron chi connectivity index (χ4n) is 2.65. The third kappa shape index (κ3) is 4.06. The first-order valence-corrected chi connectivity index (χ1v) is 8.32. The number of hydrazine groups is 1. The largest absolute Gasteiger partial charge is 0.323 e. The Labute approximate surface area is 161 Å². The minimum Gasteiger partial charge on any atom is -0.323 e. The highest BCUT2D eigenvalue weighted by atomic mass is 19.1. The van der Waals surface area contributed by atoms with Crippen LogP contribution in [-0.2, 0) is 0 Å². The van der Waals surface area contributed by atoms with Crippen LogP contribution in [0.15, 0.2) is 54.7 Å². The van der Waals surface area contributed by atoms with Crippen LogP contribution in [0.25, 0.3) is 11.3 Å². The zero-order valence-corrected chi connectivity index (χ0v) is 15.0. The number of nitrogens with two attached hydrogens (primary N) is 1. The van der Waals surface area contributed by atoms with Crippen LogP contribution in [0.3, 0.4) is 0 Å². The first-order valence-electron chi connectivity index (χ1n) is 8.32. The summed E-state index contributed by atoms with van der Waals surface area (Å²) in [6.07, 6.45) is 1.54. The minimum atomic E-state index is -0.567. The monoisotopic (exact) mass is 376 g/mol. The molecule has 0 bridgehead atoms. The second-order valence-electron chi connectivity index (χ2n) is 5.98. The summed E-state index contributed by atoms with van der Waals surface area (Å²) in [5, 5.41) is 14.5. The maximum atomic E-state index is 13.8. The van der Waals surface area contributed by atoms with Gasteiger partial charge in [0.1, 0.15) is 17.4 Å². The molecule has 0 aliphatic rings. The molecule has 28 heavy (non-hydrogen) atoms. The molecule has 3 rings (SSSR count). The van der Waals surface area contributed by atoms with Crippen molar-refractivity contribution in [2.75, 3.05) is 16.1 Å². The molecule has 0 aliphatic carbocycles. The molecule has 0 saturated heterocycles. The summed E-state index contributed by atoms with van der Waals surface area (Å²) in [5.74, 6) is 4.91. The maximum absolute atomic E-state index is 13.8. The van der Waals surface area contributed by atoms with Crippen LogP contribution in [0.5, 0.6) is 0 Å². The van der Waals surface area contributed by atoms with Crippen molar-refractivity contribution >= 4 is 23.1 Å². The van der Waals surface area contributed by atoms with E-state index >= 15 is 0 Å². The van der Waals surface area contributed by atoms with Crippen LogP contribution in [0.4, 0.5) is 26.2 Å². The summed E-state index contributed by atoms with van der Waals surface area (Å²) in [6, 6.07) is 14.3. The van der Waals surface area contributed by atoms with Gasteiger partial charge in [-0.2, -0.15) is 5.26 Å². The maximum Gasteiger partial charge on any atom is 0.323 e. The smallest absolute Gasteiger partial charge is 0.323 e. The number of amides is 2. The van der Waals surface area contributed by atoms with Gasteiger partial charge in [-0.25, -0.2) is 9.18 Å². The van der Waals surface area contributed by atoms with E-state index in [1.165, 1.54) is 6.07 Å². The molecular weight excluding hydrogens is 359 g/mol. The number of aryl methyl sites for hydroxylation is 1. The lowest BCUT2D eigenvalue weighted by Gasteiger charge is -2.11. The van der Waals surface area contributed by atoms with Crippen molar-refractivity contribution < 1.29 is 9.18 Å². The molecule has 5 N–H and O–H groups in total. The van der Waals surface area contributed by atoms with Crippen molar-refractivity contribution in [3.63, 3.8) is 0 Å². The number of nitrogens with zero attached hydrogens (tertiary/aromatic N) is 2. The van der Waals surface area contributed by atoms with E-state index in [9.17, 15) is 14.4 Å². The van der Waals surface area contributed by atoms with Crippen LogP contribution in [0, 0.1) is 24.1 Å². The number of anilines is 3. The van der Waals surface area contributed by atoms with E-state index in [0.29, 0.717) is 28.2 Å². The number of nitrogen functional groups attached to an aromatic ring is 1. The summed E-state index contributed by atoms with van der Waals surface area (Å²) in [5.41, 5.74) is 5.84. The molecule has 0 spiro atoms. The summed E-state index contributed by atoms with van der Waals surface area (Å²) in [4.78, 5) is 16.4. The molecule has 140 valence electrons. The van der Waals surface area contributed by atoms with Gasteiger partial charge in [-0.1, -0.05) is 18.2 Å². The number of rotatable bonds is 4. The zero-order valence-electron chi connectivity index (χ0n) is 15.0. The Morgan fingerprint density at radius 3 is 2.54 bits per heavy atom. The van der Waals surface area contributed by atoms with Crippen molar-refractivity contribution in [3.05, 3.63) is 71.7 Å². The topological polar surface area (TPSA) is 116 Å². The van der Waals surface area contributed by atoms with Gasteiger partial charge in [-0.3, -0.25) is 10.8 Å². The molecule has 2 aromatic carbocycles. The first-order chi connectivity index (χ1) is 13.5. The summed E-state index contributed by atoms with van der Waals surface area (Å²) in [6.45, 7) is 1.81. The van der Waals surface area contributed by atoms with E-state index in [2.05, 4.69) is 27.1 Å². The second kappa shape index (κ2) is 8.16. The fraction of sp³-hybridized carbons (Fsp3) is 0.0500. The lowest BCUT2D eigenvalue weighted by molar-refractivity contribution is 0.262. The average molecular weight is 376 g/mol. The number of nitriles is 1. The van der Waals surface area contributed by atoms with Crippen LogP contribution in [-0.4, -0.2) is 11.0 Å². The van der Waals surface area contributed by atoms with Gasteiger partial charge in [-0.05, 0) is 42.8 Å². The Balaban J connectivity index is 1.76. The summed E-state index contributed by atoms with van der Waals surface area (Å²) in [7, 11) is 0. The highest BCUT2D eigenvalue weighted by molar-refractivity contribution is 6.00. The number of halogens is 1. The van der Waals surface area contributed by atoms with E-state index < -0.39 is 11.8 Å². The highest BCUT2D eigenvalue weighted by Gasteiger charge is 2.12. The predicted octanol–water partition coefficient (Wildman–Crippen LogP) is 4.00. The molecule has 3 aromatic rings. The molecule has 0 aliphatic heterocycles. The lowest BCUT2D eigenvalue weighted by atomic mass is 10.0. The van der Waals surface area contributed by atoms with Gasteiger partial charge in [0.25, 0.3) is 0 Å². The van der Waals surface area contributed by atoms with Crippen molar-refractivity contribution in [2.45, 2.75) is 6.92 Å². The number of aromatic nitrogens is 1. The van der Waals surface area contributed by atoms with Gasteiger partial charge >= 0.3 is 6.03 Å². The minimum absolute atomic E-state index is 0.100. The molecule has 7 nitrogen and oxygen atoms in total. The van der Waals surface area contributed by atoms with Gasteiger partial charge < -0.3 is 16.1 Å². The SMILES string of the molecule is Cc1ccc(F)c(NC(=O)Nc2ccc(-c3nccc(NN)c3C#N)cc2)c1. The number of urea groups is 1. The van der Waals surface area contributed by atoms with E-state index in [1.807, 2.05) is 0 Å². The van der Waals surface area contributed by atoms with Crippen LogP contribution >= 0.6 is 0 Å². The molecule has 0 saturated carbocycles. The molecule has 0 atom stereocenters. The lowest BCUT2D eigenvalue weighted by Crippen LogP contribution is -2.20. The van der Waals surface area contributed by atoms with Gasteiger partial charge in [0.05, 0.1) is 17.1 Å². The van der Waals surface area contributed by atoms with Crippen LogP contribution in [0.1, 0.15) is 11.1 Å². The second-order valence-corrected chi connectivity index (χ2v) is 5.98. The average Bonchev–Trinajstić information content (AvgIpc) is 2.70. The molecule has 0 fully saturated rings. The standard InChI is InChI=1S/C20H17FN6O/c1-12-2-7-16(21)18(10-12)26-20(28)25-14-5-3-13(4-6-14)19-15(11-22)17(27-23)8-9-24-19/h2-10H,23H2,1H3,(H,24,27)(H2,25,26,28). The van der Waals surface area contributed by atoms with E-state index in [1.54, 1.807) is 55.6 Å². The molecule has 0 unspecified atom stereocenters. The Morgan fingerprint density at radius 1 is 1.11 bits per heavy atom. The van der Waals surface area contributed by atoms with Crippen LogP contribution in [0.2, 0.25) is 0 Å². The number of carbonyl (C=O) groups excluding carboxylic acids is 1. The Morgan fingerprint density at radius 2 is 1.86 bits per heavy atom.